The number of benzene rings is 1. The van der Waals surface area contributed by atoms with Gasteiger partial charge in [0, 0.05) is 12.2 Å². The van der Waals surface area contributed by atoms with E-state index >= 15 is 0 Å². The Bertz CT molecular complexity index is 570. The number of carbonyl (C=O) groups excluding carboxylic acids is 1. The van der Waals surface area contributed by atoms with Gasteiger partial charge in [0.25, 0.3) is 0 Å². The zero-order chi connectivity index (χ0) is 14.5. The zero-order valence-electron chi connectivity index (χ0n) is 11.7. The van der Waals surface area contributed by atoms with Gasteiger partial charge in [-0.25, -0.2) is 4.39 Å². The lowest BCUT2D eigenvalue weighted by molar-refractivity contribution is -0.120. The molecule has 1 aromatic carbocycles. The van der Waals surface area contributed by atoms with Gasteiger partial charge in [-0.1, -0.05) is 12.1 Å². The molecule has 106 valence electrons. The summed E-state index contributed by atoms with van der Waals surface area (Å²) in [6.45, 7) is 4.48. The highest BCUT2D eigenvalue weighted by atomic mass is 19.1. The lowest BCUT2D eigenvalue weighted by Gasteiger charge is -2.06. The molecule has 20 heavy (non-hydrogen) atoms. The molecule has 5 heteroatoms. The normalized spacial score (nSPS) is 10.6. The lowest BCUT2D eigenvalue weighted by atomic mass is 10.1. The Morgan fingerprint density at radius 3 is 2.60 bits per heavy atom. The number of halogens is 1. The number of hydrogen-bond donors (Lipinski definition) is 2. The van der Waals surface area contributed by atoms with Crippen LogP contribution >= 0.6 is 0 Å². The van der Waals surface area contributed by atoms with E-state index in [0.717, 1.165) is 28.9 Å². The van der Waals surface area contributed by atoms with Crippen LogP contribution in [0.5, 0.6) is 0 Å². The third-order valence-electron chi connectivity index (χ3n) is 3.26. The molecule has 0 aliphatic heterocycles. The topological polar surface area (TPSA) is 57.8 Å². The number of rotatable bonds is 5. The molecule has 2 N–H and O–H groups in total. The standard InChI is InChI=1S/C15H18FN3O/c1-10-14(11(2)19-18-10)7-8-17-15(20)9-12-3-5-13(16)6-4-12/h3-6H,7-9H2,1-2H3,(H,17,20)(H,18,19). The maximum absolute atomic E-state index is 12.8. The van der Waals surface area contributed by atoms with Gasteiger partial charge in [0.15, 0.2) is 0 Å². The van der Waals surface area contributed by atoms with Crippen molar-refractivity contribution in [2.45, 2.75) is 26.7 Å². The highest BCUT2D eigenvalue weighted by Crippen LogP contribution is 2.09. The summed E-state index contributed by atoms with van der Waals surface area (Å²) >= 11 is 0. The van der Waals surface area contributed by atoms with Crippen molar-refractivity contribution < 1.29 is 9.18 Å². The van der Waals surface area contributed by atoms with Crippen molar-refractivity contribution in [3.63, 3.8) is 0 Å². The smallest absolute Gasteiger partial charge is 0.224 e. The van der Waals surface area contributed by atoms with E-state index in [-0.39, 0.29) is 18.1 Å². The average molecular weight is 275 g/mol. The van der Waals surface area contributed by atoms with Crippen LogP contribution in [0.25, 0.3) is 0 Å². The van der Waals surface area contributed by atoms with Gasteiger partial charge < -0.3 is 5.32 Å². The highest BCUT2D eigenvalue weighted by molar-refractivity contribution is 5.78. The van der Waals surface area contributed by atoms with Gasteiger partial charge in [-0.3, -0.25) is 9.89 Å². The third-order valence-corrected chi connectivity index (χ3v) is 3.26. The number of nitrogens with one attached hydrogen (secondary N) is 2. The summed E-state index contributed by atoms with van der Waals surface area (Å²) in [7, 11) is 0. The molecule has 0 aliphatic rings. The molecule has 0 radical (unpaired) electrons. The Morgan fingerprint density at radius 1 is 1.30 bits per heavy atom. The Hall–Kier alpha value is -2.17. The second-order valence-corrected chi connectivity index (χ2v) is 4.82. The number of H-pyrrole nitrogens is 1. The molecule has 0 spiro atoms. The third kappa shape index (κ3) is 3.66. The first-order valence-corrected chi connectivity index (χ1v) is 6.58. The van der Waals surface area contributed by atoms with E-state index in [4.69, 9.17) is 0 Å². The highest BCUT2D eigenvalue weighted by Gasteiger charge is 2.07. The van der Waals surface area contributed by atoms with Crippen LogP contribution < -0.4 is 5.32 Å². The first-order valence-electron chi connectivity index (χ1n) is 6.58. The molecule has 1 aromatic heterocycles. The van der Waals surface area contributed by atoms with Crippen molar-refractivity contribution >= 4 is 5.91 Å². The molecule has 2 aromatic rings. The van der Waals surface area contributed by atoms with E-state index < -0.39 is 0 Å². The molecule has 0 fully saturated rings. The van der Waals surface area contributed by atoms with E-state index in [9.17, 15) is 9.18 Å². The first-order chi connectivity index (χ1) is 9.56. The minimum absolute atomic E-state index is 0.0598. The van der Waals surface area contributed by atoms with Gasteiger partial charge in [-0.05, 0) is 43.5 Å². The van der Waals surface area contributed by atoms with Crippen LogP contribution in [0.2, 0.25) is 0 Å². The number of hydrogen-bond acceptors (Lipinski definition) is 2. The van der Waals surface area contributed by atoms with Gasteiger partial charge in [-0.15, -0.1) is 0 Å². The average Bonchev–Trinajstić information content (AvgIpc) is 2.73. The Morgan fingerprint density at radius 2 is 2.00 bits per heavy atom. The number of nitrogens with zero attached hydrogens (tertiary/aromatic N) is 1. The van der Waals surface area contributed by atoms with Gasteiger partial charge in [-0.2, -0.15) is 5.10 Å². The predicted molar refractivity (Wildman–Crippen MR) is 74.9 cm³/mol. The van der Waals surface area contributed by atoms with Crippen molar-refractivity contribution in [3.8, 4) is 0 Å². The zero-order valence-corrected chi connectivity index (χ0v) is 11.7. The number of aryl methyl sites for hydroxylation is 2. The molecular formula is C15H18FN3O. The van der Waals surface area contributed by atoms with Crippen LogP contribution in [0, 0.1) is 19.7 Å². The fraction of sp³-hybridized carbons (Fsp3) is 0.333. The SMILES string of the molecule is Cc1n[nH]c(C)c1CCNC(=O)Cc1ccc(F)cc1. The summed E-state index contributed by atoms with van der Waals surface area (Å²) in [5.41, 5.74) is 3.96. The number of amides is 1. The minimum Gasteiger partial charge on any atom is -0.355 e. The molecule has 0 saturated carbocycles. The predicted octanol–water partition coefficient (Wildman–Crippen LogP) is 2.07. The van der Waals surface area contributed by atoms with E-state index in [0.29, 0.717) is 6.54 Å². The minimum atomic E-state index is -0.292. The lowest BCUT2D eigenvalue weighted by Crippen LogP contribution is -2.27. The fourth-order valence-corrected chi connectivity index (χ4v) is 2.12. The molecule has 0 saturated heterocycles. The van der Waals surface area contributed by atoms with E-state index in [1.54, 1.807) is 12.1 Å². The van der Waals surface area contributed by atoms with Gasteiger partial charge in [0.2, 0.25) is 5.91 Å². The van der Waals surface area contributed by atoms with E-state index in [1.807, 2.05) is 13.8 Å². The number of aromatic amines is 1. The van der Waals surface area contributed by atoms with Crippen molar-refractivity contribution in [2.24, 2.45) is 0 Å². The molecule has 0 unspecified atom stereocenters. The van der Waals surface area contributed by atoms with E-state index in [1.165, 1.54) is 12.1 Å². The summed E-state index contributed by atoms with van der Waals surface area (Å²) in [5, 5.41) is 9.90. The second kappa shape index (κ2) is 6.32. The molecular weight excluding hydrogens is 257 g/mol. The number of aromatic nitrogens is 2. The summed E-state index contributed by atoms with van der Waals surface area (Å²) < 4.78 is 12.8. The Labute approximate surface area is 117 Å². The van der Waals surface area contributed by atoms with Crippen LogP contribution in [0.4, 0.5) is 4.39 Å². The molecule has 4 nitrogen and oxygen atoms in total. The summed E-state index contributed by atoms with van der Waals surface area (Å²) in [5.74, 6) is -0.351. The molecule has 1 heterocycles. The van der Waals surface area contributed by atoms with Gasteiger partial charge in [0.1, 0.15) is 5.82 Å². The molecule has 1 amide bonds. The van der Waals surface area contributed by atoms with Gasteiger partial charge in [0.05, 0.1) is 12.1 Å². The summed E-state index contributed by atoms with van der Waals surface area (Å²) in [4.78, 5) is 11.8. The Balaban J connectivity index is 1.79. The molecule has 0 aliphatic carbocycles. The fourth-order valence-electron chi connectivity index (χ4n) is 2.12. The van der Waals surface area contributed by atoms with Crippen molar-refractivity contribution in [1.29, 1.82) is 0 Å². The van der Waals surface area contributed by atoms with Crippen molar-refractivity contribution in [2.75, 3.05) is 6.54 Å². The van der Waals surface area contributed by atoms with Crippen LogP contribution in [0.1, 0.15) is 22.5 Å². The maximum Gasteiger partial charge on any atom is 0.224 e. The van der Waals surface area contributed by atoms with Crippen molar-refractivity contribution in [1.82, 2.24) is 15.5 Å². The Kier molecular flexibility index (Phi) is 4.50. The van der Waals surface area contributed by atoms with Crippen LogP contribution in [-0.2, 0) is 17.6 Å². The van der Waals surface area contributed by atoms with Crippen LogP contribution in [-0.4, -0.2) is 22.6 Å². The summed E-state index contributed by atoms with van der Waals surface area (Å²) in [6.07, 6.45) is 1.02. The molecule has 0 bridgehead atoms. The van der Waals surface area contributed by atoms with Gasteiger partial charge >= 0.3 is 0 Å². The van der Waals surface area contributed by atoms with Crippen LogP contribution in [0.15, 0.2) is 24.3 Å². The second-order valence-electron chi connectivity index (χ2n) is 4.82. The number of carbonyl (C=O) groups is 1. The largest absolute Gasteiger partial charge is 0.355 e. The van der Waals surface area contributed by atoms with E-state index in [2.05, 4.69) is 15.5 Å². The monoisotopic (exact) mass is 275 g/mol. The van der Waals surface area contributed by atoms with Crippen LogP contribution in [0.3, 0.4) is 0 Å². The van der Waals surface area contributed by atoms with Crippen molar-refractivity contribution in [3.05, 3.63) is 52.6 Å². The maximum atomic E-state index is 12.8. The molecule has 0 atom stereocenters. The molecule has 2 rings (SSSR count). The quantitative estimate of drug-likeness (QED) is 0.877. The summed E-state index contributed by atoms with van der Waals surface area (Å²) in [6, 6.07) is 5.97. The first kappa shape index (κ1) is 14.2.